The number of nitrogens with one attached hydrogen (secondary N) is 1. The molecule has 0 amide bonds. The number of halogens is 1. The molecule has 6 aromatic rings. The van der Waals surface area contributed by atoms with Crippen LogP contribution < -0.4 is 20.2 Å². The number of benzene rings is 3. The van der Waals surface area contributed by atoms with Crippen molar-refractivity contribution in [1.82, 2.24) is 14.5 Å². The summed E-state index contributed by atoms with van der Waals surface area (Å²) in [6, 6.07) is 20.7. The Bertz CT molecular complexity index is 2110. The van der Waals surface area contributed by atoms with Crippen LogP contribution in [-0.4, -0.2) is 43.6 Å². The molecule has 0 spiro atoms. The molecular weight excluding hydrogens is 587 g/mol. The number of rotatable bonds is 10. The summed E-state index contributed by atoms with van der Waals surface area (Å²) in [4.78, 5) is 22.6. The number of nitrogens with zero attached hydrogens (tertiary/aromatic N) is 3. The number of aromatic nitrogens is 3. The third-order valence-corrected chi connectivity index (χ3v) is 7.38. The van der Waals surface area contributed by atoms with Crippen molar-refractivity contribution in [2.75, 3.05) is 18.5 Å². The molecule has 0 fully saturated rings. The Morgan fingerprint density at radius 2 is 1.74 bits per heavy atom. The maximum absolute atomic E-state index is 15.5. The van der Waals surface area contributed by atoms with Gasteiger partial charge in [0.25, 0.3) is 0 Å². The molecule has 6 rings (SSSR count). The first-order valence-corrected chi connectivity index (χ1v) is 14.8. The topological polar surface area (TPSA) is 119 Å². The molecule has 0 unspecified atom stereocenters. The van der Waals surface area contributed by atoms with Crippen LogP contribution in [0.3, 0.4) is 0 Å². The minimum absolute atomic E-state index is 0.00163. The fourth-order valence-electron chi connectivity index (χ4n) is 5.12. The largest absolute Gasteiger partial charge is 0.491 e. The Balaban J connectivity index is 1.30. The van der Waals surface area contributed by atoms with Gasteiger partial charge < -0.3 is 29.6 Å². The molecule has 234 valence electrons. The third kappa shape index (κ3) is 6.53. The fourth-order valence-corrected chi connectivity index (χ4v) is 5.12. The van der Waals surface area contributed by atoms with Crippen LogP contribution in [0.1, 0.15) is 19.4 Å². The highest BCUT2D eigenvalue weighted by molar-refractivity contribution is 5.94. The lowest BCUT2D eigenvalue weighted by Gasteiger charge is -2.18. The second-order valence-corrected chi connectivity index (χ2v) is 11.7. The Hall–Kier alpha value is -5.32. The van der Waals surface area contributed by atoms with Crippen molar-refractivity contribution in [3.05, 3.63) is 113 Å². The summed E-state index contributed by atoms with van der Waals surface area (Å²) in [6.07, 6.45) is 4.87. The summed E-state index contributed by atoms with van der Waals surface area (Å²) in [5, 5.41) is 23.8. The van der Waals surface area contributed by atoms with Gasteiger partial charge in [0.2, 0.25) is 5.43 Å². The van der Waals surface area contributed by atoms with Crippen molar-refractivity contribution >= 4 is 33.3 Å². The van der Waals surface area contributed by atoms with Gasteiger partial charge in [0.05, 0.1) is 28.6 Å². The smallest absolute Gasteiger partial charge is 0.200 e. The van der Waals surface area contributed by atoms with Gasteiger partial charge in [0, 0.05) is 53.9 Å². The van der Waals surface area contributed by atoms with E-state index in [2.05, 4.69) is 15.3 Å². The molecule has 0 saturated carbocycles. The van der Waals surface area contributed by atoms with E-state index in [-0.39, 0.29) is 36.8 Å². The first kappa shape index (κ1) is 30.7. The molecule has 0 aliphatic rings. The van der Waals surface area contributed by atoms with Crippen LogP contribution in [0.15, 0.2) is 96.2 Å². The maximum atomic E-state index is 15.5. The first-order valence-electron chi connectivity index (χ1n) is 14.8. The van der Waals surface area contributed by atoms with E-state index in [9.17, 15) is 15.0 Å². The highest BCUT2D eigenvalue weighted by atomic mass is 19.1. The van der Waals surface area contributed by atoms with Crippen molar-refractivity contribution < 1.29 is 24.1 Å². The third-order valence-electron chi connectivity index (χ3n) is 7.38. The van der Waals surface area contributed by atoms with Crippen LogP contribution in [0.5, 0.6) is 17.2 Å². The molecule has 0 aliphatic heterocycles. The lowest BCUT2D eigenvalue weighted by Crippen LogP contribution is -2.27. The Kier molecular flexibility index (Phi) is 8.40. The van der Waals surface area contributed by atoms with Gasteiger partial charge in [-0.2, -0.15) is 0 Å². The van der Waals surface area contributed by atoms with Crippen LogP contribution in [0.4, 0.5) is 15.9 Å². The lowest BCUT2D eigenvalue weighted by molar-refractivity contribution is 0.0285. The molecule has 10 heteroatoms. The van der Waals surface area contributed by atoms with Gasteiger partial charge in [-0.05, 0) is 62.7 Å². The predicted molar refractivity (Wildman–Crippen MR) is 177 cm³/mol. The zero-order valence-electron chi connectivity index (χ0n) is 25.6. The summed E-state index contributed by atoms with van der Waals surface area (Å²) in [5.74, 6) is 0.579. The van der Waals surface area contributed by atoms with Crippen LogP contribution >= 0.6 is 0 Å². The molecule has 0 radical (unpaired) electrons. The van der Waals surface area contributed by atoms with Crippen molar-refractivity contribution in [2.45, 2.75) is 32.9 Å². The zero-order chi connectivity index (χ0) is 32.4. The van der Waals surface area contributed by atoms with Gasteiger partial charge in [-0.3, -0.25) is 9.78 Å². The van der Waals surface area contributed by atoms with Crippen LogP contribution in [0.2, 0.25) is 0 Å². The number of aryl methyl sites for hydroxylation is 1. The number of aliphatic hydroxyl groups excluding tert-OH is 1. The molecule has 3 N–H and O–H groups in total. The minimum atomic E-state index is -0.987. The van der Waals surface area contributed by atoms with Gasteiger partial charge in [-0.25, -0.2) is 9.37 Å². The average molecular weight is 621 g/mol. The second kappa shape index (κ2) is 12.6. The molecule has 0 bridgehead atoms. The molecule has 3 aromatic carbocycles. The molecular formula is C36H33FN4O5. The Morgan fingerprint density at radius 3 is 2.48 bits per heavy atom. The van der Waals surface area contributed by atoms with Crippen molar-refractivity contribution in [3.63, 3.8) is 0 Å². The summed E-state index contributed by atoms with van der Waals surface area (Å²) >= 11 is 0. The maximum Gasteiger partial charge on any atom is 0.200 e. The van der Waals surface area contributed by atoms with Gasteiger partial charge >= 0.3 is 0 Å². The SMILES string of the molecule is Cc1ccc(-c2cn(CCO)c3ccnc(Nc4ccc(Oc5ccnc6cc(OCC(C)(C)O)ccc56)c(F)c4)c3c2=O)cc1. The van der Waals surface area contributed by atoms with Gasteiger partial charge in [0.1, 0.15) is 23.9 Å². The van der Waals surface area contributed by atoms with Gasteiger partial charge in [-0.1, -0.05) is 29.8 Å². The van der Waals surface area contributed by atoms with Crippen molar-refractivity contribution in [1.29, 1.82) is 0 Å². The number of hydrogen-bond acceptors (Lipinski definition) is 8. The van der Waals surface area contributed by atoms with Crippen LogP contribution in [-0.2, 0) is 6.54 Å². The number of anilines is 2. The van der Waals surface area contributed by atoms with E-state index in [1.54, 1.807) is 68.8 Å². The summed E-state index contributed by atoms with van der Waals surface area (Å²) in [7, 11) is 0. The summed E-state index contributed by atoms with van der Waals surface area (Å²) < 4.78 is 28.9. The van der Waals surface area contributed by atoms with Crippen LogP contribution in [0, 0.1) is 12.7 Å². The van der Waals surface area contributed by atoms with Crippen molar-refractivity contribution in [3.8, 4) is 28.4 Å². The molecule has 46 heavy (non-hydrogen) atoms. The summed E-state index contributed by atoms with van der Waals surface area (Å²) in [5.41, 5.74) is 2.60. The number of pyridine rings is 3. The van der Waals surface area contributed by atoms with E-state index in [0.717, 1.165) is 11.1 Å². The predicted octanol–water partition coefficient (Wildman–Crippen LogP) is 6.74. The number of aliphatic hydroxyl groups is 2. The molecule has 0 saturated heterocycles. The number of ether oxygens (including phenoxy) is 2. The van der Waals surface area contributed by atoms with E-state index < -0.39 is 11.4 Å². The molecule has 3 heterocycles. The quantitative estimate of drug-likeness (QED) is 0.154. The number of hydrogen-bond donors (Lipinski definition) is 3. The zero-order valence-corrected chi connectivity index (χ0v) is 25.6. The molecule has 9 nitrogen and oxygen atoms in total. The minimum Gasteiger partial charge on any atom is -0.491 e. The Labute approximate surface area is 264 Å². The van der Waals surface area contributed by atoms with E-state index in [1.807, 2.05) is 35.8 Å². The summed E-state index contributed by atoms with van der Waals surface area (Å²) in [6.45, 7) is 5.56. The monoisotopic (exact) mass is 620 g/mol. The normalized spacial score (nSPS) is 11.6. The molecule has 3 aromatic heterocycles. The van der Waals surface area contributed by atoms with Crippen molar-refractivity contribution in [2.24, 2.45) is 0 Å². The van der Waals surface area contributed by atoms with Crippen LogP contribution in [0.25, 0.3) is 32.9 Å². The highest BCUT2D eigenvalue weighted by Gasteiger charge is 2.17. The number of fused-ring (bicyclic) bond motifs is 2. The van der Waals surface area contributed by atoms with E-state index >= 15 is 4.39 Å². The Morgan fingerprint density at radius 1 is 0.957 bits per heavy atom. The highest BCUT2D eigenvalue weighted by Crippen LogP contribution is 2.34. The van der Waals surface area contributed by atoms with Gasteiger partial charge in [0.15, 0.2) is 11.6 Å². The second-order valence-electron chi connectivity index (χ2n) is 11.7. The van der Waals surface area contributed by atoms with E-state index in [0.29, 0.717) is 44.6 Å². The van der Waals surface area contributed by atoms with Gasteiger partial charge in [-0.15, -0.1) is 0 Å². The van der Waals surface area contributed by atoms with E-state index in [4.69, 9.17) is 9.47 Å². The average Bonchev–Trinajstić information content (AvgIpc) is 3.03. The lowest BCUT2D eigenvalue weighted by atomic mass is 10.0. The standard InChI is InChI=1S/C36H33FN4O5/c1-22-4-6-23(7-5-22)27-20-41(16-17-42)30-12-14-39-35(33(30)34(27)43)40-24-8-11-32(28(37)18-24)46-31-13-15-38-29-19-25(9-10-26(29)31)45-21-36(2,3)44/h4-15,18-20,42,44H,16-17,21H2,1-3H3,(H,39,40). The fraction of sp³-hybridized carbons (Fsp3) is 0.194. The molecule has 0 aliphatic carbocycles. The molecule has 0 atom stereocenters. The van der Waals surface area contributed by atoms with E-state index in [1.165, 1.54) is 12.1 Å². The first-order chi connectivity index (χ1) is 22.1.